The number of pyridine rings is 1. The van der Waals surface area contributed by atoms with Crippen LogP contribution in [0.15, 0.2) is 18.6 Å². The van der Waals surface area contributed by atoms with E-state index in [4.69, 9.17) is 23.2 Å². The zero-order valence-corrected chi connectivity index (χ0v) is 10.7. The standard InChI is InChI=1S/C10H9Cl2N5O/c11-7-4-14-8(12)3-6(7)10(18)13-2-1-9-15-5-16-17-9/h3-5H,1-2H2,(H,13,18)(H,15,16,17). The van der Waals surface area contributed by atoms with E-state index in [1.165, 1.54) is 18.6 Å². The fraction of sp³-hybridized carbons (Fsp3) is 0.200. The molecule has 2 rings (SSSR count). The fourth-order valence-electron chi connectivity index (χ4n) is 1.33. The van der Waals surface area contributed by atoms with Gasteiger partial charge >= 0.3 is 0 Å². The topological polar surface area (TPSA) is 83.6 Å². The fourth-order valence-corrected chi connectivity index (χ4v) is 1.68. The maximum Gasteiger partial charge on any atom is 0.252 e. The molecule has 0 bridgehead atoms. The summed E-state index contributed by atoms with van der Waals surface area (Å²) >= 11 is 11.6. The van der Waals surface area contributed by atoms with Crippen LogP contribution in [0, 0.1) is 0 Å². The molecule has 2 aromatic rings. The molecule has 18 heavy (non-hydrogen) atoms. The van der Waals surface area contributed by atoms with Gasteiger partial charge in [0.2, 0.25) is 0 Å². The molecule has 0 aliphatic heterocycles. The molecule has 2 N–H and O–H groups in total. The summed E-state index contributed by atoms with van der Waals surface area (Å²) in [5.41, 5.74) is 0.300. The maximum atomic E-state index is 11.8. The third kappa shape index (κ3) is 3.18. The molecule has 0 fully saturated rings. The number of nitrogens with one attached hydrogen (secondary N) is 2. The zero-order valence-electron chi connectivity index (χ0n) is 9.15. The third-order valence-corrected chi connectivity index (χ3v) is 2.69. The molecule has 94 valence electrons. The number of aromatic amines is 1. The van der Waals surface area contributed by atoms with Crippen molar-refractivity contribution in [2.24, 2.45) is 0 Å². The first-order valence-corrected chi connectivity index (χ1v) is 5.86. The number of hydrogen-bond donors (Lipinski definition) is 2. The summed E-state index contributed by atoms with van der Waals surface area (Å²) in [6.45, 7) is 0.421. The number of hydrogen-bond acceptors (Lipinski definition) is 4. The van der Waals surface area contributed by atoms with Gasteiger partial charge in [0.05, 0.1) is 10.6 Å². The van der Waals surface area contributed by atoms with Crippen LogP contribution in [0.1, 0.15) is 16.2 Å². The van der Waals surface area contributed by atoms with Crippen LogP contribution >= 0.6 is 23.2 Å². The van der Waals surface area contributed by atoms with Gasteiger partial charge in [-0.3, -0.25) is 9.89 Å². The molecule has 2 heterocycles. The lowest BCUT2D eigenvalue weighted by Crippen LogP contribution is -2.26. The smallest absolute Gasteiger partial charge is 0.252 e. The van der Waals surface area contributed by atoms with Crippen molar-refractivity contribution < 1.29 is 4.79 Å². The second-order valence-electron chi connectivity index (χ2n) is 3.42. The summed E-state index contributed by atoms with van der Waals surface area (Å²) in [7, 11) is 0. The van der Waals surface area contributed by atoms with Gasteiger partial charge in [-0.05, 0) is 6.07 Å². The minimum Gasteiger partial charge on any atom is -0.352 e. The first-order valence-electron chi connectivity index (χ1n) is 5.10. The van der Waals surface area contributed by atoms with Gasteiger partial charge in [-0.15, -0.1) is 0 Å². The van der Waals surface area contributed by atoms with Gasteiger partial charge in [0.15, 0.2) is 0 Å². The first kappa shape index (κ1) is 12.8. The maximum absolute atomic E-state index is 11.8. The molecule has 0 unspecified atom stereocenters. The Morgan fingerprint density at radius 2 is 2.22 bits per heavy atom. The molecule has 0 spiro atoms. The number of rotatable bonds is 4. The number of nitrogens with zero attached hydrogens (tertiary/aromatic N) is 3. The van der Waals surface area contributed by atoms with E-state index in [1.807, 2.05) is 0 Å². The Labute approximate surface area is 113 Å². The van der Waals surface area contributed by atoms with Crippen LogP contribution in [0.3, 0.4) is 0 Å². The van der Waals surface area contributed by atoms with E-state index in [2.05, 4.69) is 25.5 Å². The minimum atomic E-state index is -0.302. The van der Waals surface area contributed by atoms with Gasteiger partial charge in [-0.1, -0.05) is 23.2 Å². The molecular weight excluding hydrogens is 277 g/mol. The van der Waals surface area contributed by atoms with Gasteiger partial charge in [0.1, 0.15) is 17.3 Å². The van der Waals surface area contributed by atoms with Crippen LogP contribution in [0.2, 0.25) is 10.2 Å². The van der Waals surface area contributed by atoms with Crippen molar-refractivity contribution in [2.45, 2.75) is 6.42 Å². The highest BCUT2D eigenvalue weighted by molar-refractivity contribution is 6.35. The van der Waals surface area contributed by atoms with E-state index in [9.17, 15) is 4.79 Å². The quantitative estimate of drug-likeness (QED) is 0.834. The molecule has 0 atom stereocenters. The van der Waals surface area contributed by atoms with Crippen molar-refractivity contribution in [3.63, 3.8) is 0 Å². The van der Waals surface area contributed by atoms with E-state index < -0.39 is 0 Å². The lowest BCUT2D eigenvalue weighted by molar-refractivity contribution is 0.0954. The summed E-state index contributed by atoms with van der Waals surface area (Å²) < 4.78 is 0. The monoisotopic (exact) mass is 285 g/mol. The van der Waals surface area contributed by atoms with Crippen molar-refractivity contribution in [3.05, 3.63) is 40.2 Å². The highest BCUT2D eigenvalue weighted by Gasteiger charge is 2.11. The number of carbonyl (C=O) groups is 1. The summed E-state index contributed by atoms with van der Waals surface area (Å²) in [5, 5.41) is 9.60. The van der Waals surface area contributed by atoms with Gasteiger partial charge in [0.25, 0.3) is 5.91 Å². The molecule has 0 aliphatic rings. The predicted octanol–water partition coefficient (Wildman–Crippen LogP) is 1.48. The van der Waals surface area contributed by atoms with Gasteiger partial charge in [-0.2, -0.15) is 5.10 Å². The molecule has 0 aliphatic carbocycles. The number of amides is 1. The average molecular weight is 286 g/mol. The van der Waals surface area contributed by atoms with Crippen molar-refractivity contribution in [1.82, 2.24) is 25.5 Å². The minimum absolute atomic E-state index is 0.222. The number of aromatic nitrogens is 4. The SMILES string of the molecule is O=C(NCCc1ncn[nH]1)c1cc(Cl)ncc1Cl. The molecule has 6 nitrogen and oxygen atoms in total. The van der Waals surface area contributed by atoms with E-state index in [-0.39, 0.29) is 16.1 Å². The Morgan fingerprint density at radius 3 is 2.94 bits per heavy atom. The molecule has 8 heteroatoms. The van der Waals surface area contributed by atoms with Crippen LogP contribution in [-0.2, 0) is 6.42 Å². The van der Waals surface area contributed by atoms with E-state index >= 15 is 0 Å². The first-order chi connectivity index (χ1) is 8.66. The van der Waals surface area contributed by atoms with Crippen LogP contribution in [0.25, 0.3) is 0 Å². The normalized spacial score (nSPS) is 10.3. The molecule has 0 aromatic carbocycles. The average Bonchev–Trinajstić information content (AvgIpc) is 2.85. The second kappa shape index (κ2) is 5.79. The Morgan fingerprint density at radius 1 is 1.39 bits per heavy atom. The summed E-state index contributed by atoms with van der Waals surface area (Å²) in [5.74, 6) is 0.401. The van der Waals surface area contributed by atoms with Crippen LogP contribution in [0.5, 0.6) is 0 Å². The highest BCUT2D eigenvalue weighted by Crippen LogP contribution is 2.17. The molecule has 1 amide bonds. The van der Waals surface area contributed by atoms with Crippen molar-refractivity contribution in [2.75, 3.05) is 6.54 Å². The van der Waals surface area contributed by atoms with Crippen LogP contribution in [-0.4, -0.2) is 32.6 Å². The van der Waals surface area contributed by atoms with Crippen LogP contribution < -0.4 is 5.32 Å². The Balaban J connectivity index is 1.93. The number of carbonyl (C=O) groups excluding carboxylic acids is 1. The second-order valence-corrected chi connectivity index (χ2v) is 4.22. The van der Waals surface area contributed by atoms with Crippen molar-refractivity contribution >= 4 is 29.1 Å². The Hall–Kier alpha value is -1.66. The predicted molar refractivity (Wildman–Crippen MR) is 66.7 cm³/mol. The van der Waals surface area contributed by atoms with Crippen LogP contribution in [0.4, 0.5) is 0 Å². The lowest BCUT2D eigenvalue weighted by Gasteiger charge is -2.05. The van der Waals surface area contributed by atoms with Gasteiger partial charge < -0.3 is 5.32 Å². The van der Waals surface area contributed by atoms with E-state index in [1.54, 1.807) is 0 Å². The molecule has 0 saturated carbocycles. The highest BCUT2D eigenvalue weighted by atomic mass is 35.5. The molecular formula is C10H9Cl2N5O. The Bertz CT molecular complexity index is 543. The summed E-state index contributed by atoms with van der Waals surface area (Å²) in [6, 6.07) is 1.42. The lowest BCUT2D eigenvalue weighted by atomic mass is 10.2. The summed E-state index contributed by atoms with van der Waals surface area (Å²) in [4.78, 5) is 19.5. The van der Waals surface area contributed by atoms with Gasteiger partial charge in [0, 0.05) is 19.2 Å². The molecule has 0 radical (unpaired) electrons. The largest absolute Gasteiger partial charge is 0.352 e. The van der Waals surface area contributed by atoms with E-state index in [0.717, 1.165) is 0 Å². The van der Waals surface area contributed by atoms with Crippen molar-refractivity contribution in [3.8, 4) is 0 Å². The number of H-pyrrole nitrogens is 1. The van der Waals surface area contributed by atoms with Gasteiger partial charge in [-0.25, -0.2) is 9.97 Å². The molecule has 0 saturated heterocycles. The third-order valence-electron chi connectivity index (χ3n) is 2.18. The van der Waals surface area contributed by atoms with Crippen molar-refractivity contribution in [1.29, 1.82) is 0 Å². The summed E-state index contributed by atoms with van der Waals surface area (Å²) in [6.07, 6.45) is 3.31. The number of halogens is 2. The Kier molecular flexibility index (Phi) is 4.11. The molecule has 2 aromatic heterocycles. The van der Waals surface area contributed by atoms with E-state index in [0.29, 0.717) is 24.4 Å². The zero-order chi connectivity index (χ0) is 13.0.